The molecule has 0 aliphatic rings. The SMILES string of the molecule is CCc1ccc(C(O)C(O)C#N)s1. The third-order valence-corrected chi connectivity index (χ3v) is 3.05. The normalized spacial score (nSPS) is 14.9. The second kappa shape index (κ2) is 4.38. The van der Waals surface area contributed by atoms with E-state index in [9.17, 15) is 5.11 Å². The highest BCUT2D eigenvalue weighted by molar-refractivity contribution is 7.12. The molecule has 0 fully saturated rings. The fraction of sp³-hybridized carbons (Fsp3) is 0.444. The Bertz CT molecular complexity index is 316. The summed E-state index contributed by atoms with van der Waals surface area (Å²) < 4.78 is 0. The highest BCUT2D eigenvalue weighted by atomic mass is 32.1. The highest BCUT2D eigenvalue weighted by Gasteiger charge is 2.18. The Balaban J connectivity index is 2.78. The van der Waals surface area contributed by atoms with Crippen LogP contribution in [0.1, 0.15) is 22.8 Å². The molecule has 1 aromatic rings. The van der Waals surface area contributed by atoms with Crippen molar-refractivity contribution in [3.8, 4) is 6.07 Å². The van der Waals surface area contributed by atoms with E-state index in [1.54, 1.807) is 12.1 Å². The van der Waals surface area contributed by atoms with Crippen LogP contribution < -0.4 is 0 Å². The van der Waals surface area contributed by atoms with Gasteiger partial charge in [-0.3, -0.25) is 0 Å². The lowest BCUT2D eigenvalue weighted by molar-refractivity contribution is 0.0552. The van der Waals surface area contributed by atoms with Gasteiger partial charge in [0.05, 0.1) is 6.07 Å². The summed E-state index contributed by atoms with van der Waals surface area (Å²) in [4.78, 5) is 1.78. The molecule has 2 N–H and O–H groups in total. The van der Waals surface area contributed by atoms with Crippen molar-refractivity contribution >= 4 is 11.3 Å². The van der Waals surface area contributed by atoms with Crippen LogP contribution in [0.5, 0.6) is 0 Å². The number of aliphatic hydroxyl groups is 2. The van der Waals surface area contributed by atoms with Gasteiger partial charge in [0.25, 0.3) is 0 Å². The monoisotopic (exact) mass is 197 g/mol. The predicted octanol–water partition coefficient (Wildman–Crippen LogP) is 1.23. The largest absolute Gasteiger partial charge is 0.384 e. The van der Waals surface area contributed by atoms with E-state index in [1.807, 2.05) is 13.0 Å². The molecule has 0 amide bonds. The van der Waals surface area contributed by atoms with E-state index in [-0.39, 0.29) is 0 Å². The number of aliphatic hydroxyl groups excluding tert-OH is 2. The van der Waals surface area contributed by atoms with Crippen LogP contribution in [0.2, 0.25) is 0 Å². The molecule has 2 unspecified atom stereocenters. The number of hydrogen-bond acceptors (Lipinski definition) is 4. The maximum atomic E-state index is 9.44. The lowest BCUT2D eigenvalue weighted by atomic mass is 10.2. The van der Waals surface area contributed by atoms with Crippen LogP contribution in [0, 0.1) is 11.3 Å². The molecule has 0 aliphatic heterocycles. The van der Waals surface area contributed by atoms with Gasteiger partial charge in [-0.15, -0.1) is 11.3 Å². The molecule has 0 aliphatic carbocycles. The summed E-state index contributed by atoms with van der Waals surface area (Å²) in [5.74, 6) is 0. The third-order valence-electron chi connectivity index (χ3n) is 1.75. The van der Waals surface area contributed by atoms with Gasteiger partial charge in [0.1, 0.15) is 6.10 Å². The average molecular weight is 197 g/mol. The molecule has 13 heavy (non-hydrogen) atoms. The summed E-state index contributed by atoms with van der Waals surface area (Å²) >= 11 is 1.42. The number of aryl methyl sites for hydroxylation is 1. The van der Waals surface area contributed by atoms with E-state index in [4.69, 9.17) is 10.4 Å². The zero-order valence-corrected chi connectivity index (χ0v) is 8.08. The second-order valence-corrected chi connectivity index (χ2v) is 3.88. The average Bonchev–Trinajstić information content (AvgIpc) is 2.63. The minimum Gasteiger partial charge on any atom is -0.384 e. The van der Waals surface area contributed by atoms with Crippen molar-refractivity contribution < 1.29 is 10.2 Å². The van der Waals surface area contributed by atoms with Crippen LogP contribution in [-0.2, 0) is 6.42 Å². The summed E-state index contributed by atoms with van der Waals surface area (Å²) in [6.07, 6.45) is -1.50. The van der Waals surface area contributed by atoms with E-state index in [1.165, 1.54) is 11.3 Å². The fourth-order valence-corrected chi connectivity index (χ4v) is 1.94. The van der Waals surface area contributed by atoms with Crippen LogP contribution >= 0.6 is 11.3 Å². The molecule has 0 bridgehead atoms. The molecule has 0 saturated carbocycles. The Morgan fingerprint density at radius 1 is 1.54 bits per heavy atom. The Morgan fingerprint density at radius 2 is 2.23 bits per heavy atom. The minimum absolute atomic E-state index is 0.644. The van der Waals surface area contributed by atoms with Crippen LogP contribution in [0.3, 0.4) is 0 Å². The topological polar surface area (TPSA) is 64.2 Å². The molecule has 3 nitrogen and oxygen atoms in total. The molecular weight excluding hydrogens is 186 g/mol. The molecule has 0 spiro atoms. The molecule has 1 heterocycles. The van der Waals surface area contributed by atoms with Crippen molar-refractivity contribution in [2.75, 3.05) is 0 Å². The first kappa shape index (κ1) is 10.2. The van der Waals surface area contributed by atoms with Gasteiger partial charge in [-0.2, -0.15) is 5.26 Å². The maximum absolute atomic E-state index is 9.44. The highest BCUT2D eigenvalue weighted by Crippen LogP contribution is 2.25. The third kappa shape index (κ3) is 2.28. The number of hydrogen-bond donors (Lipinski definition) is 2. The Hall–Kier alpha value is -0.890. The van der Waals surface area contributed by atoms with Crippen LogP contribution in [-0.4, -0.2) is 16.3 Å². The standard InChI is InChI=1S/C9H11NO2S/c1-2-6-3-4-8(13-6)9(12)7(11)5-10/h3-4,7,9,11-12H,2H2,1H3. The molecule has 70 valence electrons. The van der Waals surface area contributed by atoms with Crippen molar-refractivity contribution in [2.24, 2.45) is 0 Å². The van der Waals surface area contributed by atoms with Crippen molar-refractivity contribution in [1.29, 1.82) is 5.26 Å². The summed E-state index contributed by atoms with van der Waals surface area (Å²) in [5.41, 5.74) is 0. The smallest absolute Gasteiger partial charge is 0.171 e. The fourth-order valence-electron chi connectivity index (χ4n) is 0.970. The number of nitriles is 1. The van der Waals surface area contributed by atoms with Crippen molar-refractivity contribution in [1.82, 2.24) is 0 Å². The zero-order valence-electron chi connectivity index (χ0n) is 7.27. The molecule has 0 aromatic carbocycles. The number of thiophene rings is 1. The van der Waals surface area contributed by atoms with E-state index in [0.717, 1.165) is 11.3 Å². The molecule has 0 saturated heterocycles. The van der Waals surface area contributed by atoms with Gasteiger partial charge in [-0.25, -0.2) is 0 Å². The van der Waals surface area contributed by atoms with Crippen LogP contribution in [0.15, 0.2) is 12.1 Å². The van der Waals surface area contributed by atoms with Gasteiger partial charge >= 0.3 is 0 Å². The summed E-state index contributed by atoms with van der Waals surface area (Å²) in [6, 6.07) is 5.24. The Morgan fingerprint density at radius 3 is 2.69 bits per heavy atom. The lowest BCUT2D eigenvalue weighted by Crippen LogP contribution is -2.14. The van der Waals surface area contributed by atoms with Gasteiger partial charge in [-0.1, -0.05) is 6.92 Å². The van der Waals surface area contributed by atoms with Gasteiger partial charge in [0.2, 0.25) is 0 Å². The second-order valence-electron chi connectivity index (χ2n) is 2.68. The molecule has 4 heteroatoms. The van der Waals surface area contributed by atoms with Gasteiger partial charge in [-0.05, 0) is 18.6 Å². The van der Waals surface area contributed by atoms with Crippen molar-refractivity contribution in [3.05, 3.63) is 21.9 Å². The first-order chi connectivity index (χ1) is 6.19. The maximum Gasteiger partial charge on any atom is 0.171 e. The molecule has 2 atom stereocenters. The van der Waals surface area contributed by atoms with E-state index < -0.39 is 12.2 Å². The number of nitrogens with zero attached hydrogens (tertiary/aromatic N) is 1. The van der Waals surface area contributed by atoms with Crippen molar-refractivity contribution in [2.45, 2.75) is 25.6 Å². The first-order valence-electron chi connectivity index (χ1n) is 4.03. The van der Waals surface area contributed by atoms with Crippen LogP contribution in [0.4, 0.5) is 0 Å². The molecule has 1 rings (SSSR count). The molecule has 0 radical (unpaired) electrons. The molecular formula is C9H11NO2S. The predicted molar refractivity (Wildman–Crippen MR) is 50.3 cm³/mol. The summed E-state index contributed by atoms with van der Waals surface area (Å²) in [7, 11) is 0. The minimum atomic E-state index is -1.33. The zero-order chi connectivity index (χ0) is 9.84. The Kier molecular flexibility index (Phi) is 3.43. The molecule has 1 aromatic heterocycles. The van der Waals surface area contributed by atoms with Crippen LogP contribution in [0.25, 0.3) is 0 Å². The van der Waals surface area contributed by atoms with E-state index in [2.05, 4.69) is 0 Å². The summed E-state index contributed by atoms with van der Waals surface area (Å²) in [5, 5.41) is 26.9. The van der Waals surface area contributed by atoms with E-state index in [0.29, 0.717) is 4.88 Å². The summed E-state index contributed by atoms with van der Waals surface area (Å²) in [6.45, 7) is 2.02. The van der Waals surface area contributed by atoms with Gasteiger partial charge in [0.15, 0.2) is 6.10 Å². The van der Waals surface area contributed by atoms with Crippen molar-refractivity contribution in [3.63, 3.8) is 0 Å². The van der Waals surface area contributed by atoms with E-state index >= 15 is 0 Å². The van der Waals surface area contributed by atoms with Gasteiger partial charge in [0, 0.05) is 9.75 Å². The number of rotatable bonds is 3. The lowest BCUT2D eigenvalue weighted by Gasteiger charge is -2.08. The quantitative estimate of drug-likeness (QED) is 0.716. The first-order valence-corrected chi connectivity index (χ1v) is 4.85. The Labute approximate surface area is 80.9 Å². The van der Waals surface area contributed by atoms with Gasteiger partial charge < -0.3 is 10.2 Å².